The lowest BCUT2D eigenvalue weighted by molar-refractivity contribution is -0.188. The SMILES string of the molecule is c1ccc2c(c1)CCC2C1CCOC1(C1CCCCC1)C1CCCCO1. The molecule has 142 valence electrons. The number of aryl methyl sites for hydroxylation is 1. The molecule has 26 heavy (non-hydrogen) atoms. The van der Waals surface area contributed by atoms with Crippen LogP contribution in [0.25, 0.3) is 0 Å². The van der Waals surface area contributed by atoms with Crippen molar-refractivity contribution in [1.29, 1.82) is 0 Å². The summed E-state index contributed by atoms with van der Waals surface area (Å²) in [6.45, 7) is 1.89. The predicted molar refractivity (Wildman–Crippen MR) is 104 cm³/mol. The second kappa shape index (κ2) is 7.28. The van der Waals surface area contributed by atoms with Gasteiger partial charge in [-0.25, -0.2) is 0 Å². The third kappa shape index (κ3) is 2.76. The molecule has 0 amide bonds. The number of rotatable bonds is 3. The van der Waals surface area contributed by atoms with Gasteiger partial charge in [0, 0.05) is 13.2 Å². The van der Waals surface area contributed by atoms with Gasteiger partial charge in [-0.3, -0.25) is 0 Å². The van der Waals surface area contributed by atoms with Crippen molar-refractivity contribution in [2.45, 2.75) is 88.3 Å². The monoisotopic (exact) mass is 354 g/mol. The Morgan fingerprint density at radius 1 is 0.808 bits per heavy atom. The maximum Gasteiger partial charge on any atom is 0.100 e. The highest BCUT2D eigenvalue weighted by Gasteiger charge is 2.58. The molecule has 2 aliphatic carbocycles. The fourth-order valence-corrected chi connectivity index (χ4v) is 6.88. The van der Waals surface area contributed by atoms with Crippen molar-refractivity contribution >= 4 is 0 Å². The van der Waals surface area contributed by atoms with Gasteiger partial charge in [0.05, 0.1) is 6.10 Å². The van der Waals surface area contributed by atoms with Crippen LogP contribution in [0, 0.1) is 11.8 Å². The third-order valence-electron chi connectivity index (χ3n) is 7.95. The van der Waals surface area contributed by atoms with Crippen molar-refractivity contribution in [3.8, 4) is 0 Å². The van der Waals surface area contributed by atoms with Crippen LogP contribution in [0.4, 0.5) is 0 Å². The molecule has 2 aliphatic heterocycles. The van der Waals surface area contributed by atoms with E-state index in [0.29, 0.717) is 23.9 Å². The van der Waals surface area contributed by atoms with Gasteiger partial charge in [-0.05, 0) is 80.2 Å². The largest absolute Gasteiger partial charge is 0.375 e. The molecule has 0 radical (unpaired) electrons. The number of fused-ring (bicyclic) bond motifs is 1. The van der Waals surface area contributed by atoms with Crippen molar-refractivity contribution in [2.75, 3.05) is 13.2 Å². The van der Waals surface area contributed by atoms with Crippen molar-refractivity contribution in [3.05, 3.63) is 35.4 Å². The third-order valence-corrected chi connectivity index (χ3v) is 7.95. The van der Waals surface area contributed by atoms with E-state index in [2.05, 4.69) is 24.3 Å². The van der Waals surface area contributed by atoms with Gasteiger partial charge >= 0.3 is 0 Å². The van der Waals surface area contributed by atoms with Gasteiger partial charge in [0.25, 0.3) is 0 Å². The van der Waals surface area contributed by atoms with Crippen molar-refractivity contribution in [2.24, 2.45) is 11.8 Å². The summed E-state index contributed by atoms with van der Waals surface area (Å²) >= 11 is 0. The Morgan fingerprint density at radius 3 is 2.50 bits per heavy atom. The minimum Gasteiger partial charge on any atom is -0.375 e. The summed E-state index contributed by atoms with van der Waals surface area (Å²) < 4.78 is 13.3. The van der Waals surface area contributed by atoms with E-state index in [1.54, 1.807) is 11.1 Å². The summed E-state index contributed by atoms with van der Waals surface area (Å²) in [6, 6.07) is 9.21. The fraction of sp³-hybridized carbons (Fsp3) is 0.750. The maximum atomic E-state index is 6.83. The van der Waals surface area contributed by atoms with Crippen LogP contribution in [-0.2, 0) is 15.9 Å². The second-order valence-corrected chi connectivity index (χ2v) is 9.13. The average Bonchev–Trinajstić information content (AvgIpc) is 3.34. The zero-order valence-corrected chi connectivity index (χ0v) is 16.1. The fourth-order valence-electron chi connectivity index (χ4n) is 6.88. The van der Waals surface area contributed by atoms with Crippen LogP contribution in [-0.4, -0.2) is 24.9 Å². The van der Waals surface area contributed by atoms with Gasteiger partial charge in [-0.2, -0.15) is 0 Å². The lowest BCUT2D eigenvalue weighted by Crippen LogP contribution is -2.56. The molecule has 1 aromatic carbocycles. The van der Waals surface area contributed by atoms with Crippen LogP contribution in [0.2, 0.25) is 0 Å². The summed E-state index contributed by atoms with van der Waals surface area (Å²) in [5, 5.41) is 0. The van der Waals surface area contributed by atoms with Gasteiger partial charge in [-0.15, -0.1) is 0 Å². The van der Waals surface area contributed by atoms with Crippen LogP contribution >= 0.6 is 0 Å². The Kier molecular flexibility index (Phi) is 4.83. The second-order valence-electron chi connectivity index (χ2n) is 9.13. The molecule has 4 aliphatic rings. The zero-order chi connectivity index (χ0) is 17.4. The first kappa shape index (κ1) is 17.3. The summed E-state index contributed by atoms with van der Waals surface area (Å²) in [7, 11) is 0. The van der Waals surface area contributed by atoms with E-state index < -0.39 is 0 Å². The minimum atomic E-state index is -0.0110. The highest BCUT2D eigenvalue weighted by atomic mass is 16.6. The number of hydrogen-bond donors (Lipinski definition) is 0. The molecule has 4 unspecified atom stereocenters. The van der Waals surface area contributed by atoms with E-state index in [4.69, 9.17) is 9.47 Å². The topological polar surface area (TPSA) is 18.5 Å². The zero-order valence-electron chi connectivity index (χ0n) is 16.1. The Bertz CT molecular complexity index is 594. The Hall–Kier alpha value is -0.860. The first-order valence-electron chi connectivity index (χ1n) is 11.2. The standard InChI is InChI=1S/C24H34O2/c1-2-9-19(10-3-1)24(23-12-6-7-16-25-23)22(15-17-26-24)21-14-13-18-8-4-5-11-20(18)21/h4-5,8,11,19,21-23H,1-3,6-7,9-10,12-17H2. The summed E-state index contributed by atoms with van der Waals surface area (Å²) in [4.78, 5) is 0. The van der Waals surface area contributed by atoms with Crippen LogP contribution in [0.3, 0.4) is 0 Å². The van der Waals surface area contributed by atoms with Crippen LogP contribution in [0.1, 0.15) is 81.3 Å². The minimum absolute atomic E-state index is 0.0110. The maximum absolute atomic E-state index is 6.83. The molecular weight excluding hydrogens is 320 g/mol. The molecule has 0 bridgehead atoms. The van der Waals surface area contributed by atoms with Gasteiger partial charge in [0.2, 0.25) is 0 Å². The van der Waals surface area contributed by atoms with Gasteiger partial charge in [0.15, 0.2) is 0 Å². The summed E-state index contributed by atoms with van der Waals surface area (Å²) in [5.41, 5.74) is 3.20. The molecular formula is C24H34O2. The Balaban J connectivity index is 1.52. The van der Waals surface area contributed by atoms with Gasteiger partial charge in [0.1, 0.15) is 5.60 Å². The normalized spacial score (nSPS) is 38.4. The van der Waals surface area contributed by atoms with Gasteiger partial charge < -0.3 is 9.47 Å². The predicted octanol–water partition coefficient (Wildman–Crippen LogP) is 5.64. The first-order valence-corrected chi connectivity index (χ1v) is 11.2. The molecule has 2 saturated heterocycles. The molecule has 1 saturated carbocycles. The molecule has 1 aromatic rings. The van der Waals surface area contributed by atoms with Crippen molar-refractivity contribution in [1.82, 2.24) is 0 Å². The van der Waals surface area contributed by atoms with E-state index in [1.807, 2.05) is 0 Å². The highest BCUT2D eigenvalue weighted by molar-refractivity contribution is 5.36. The quantitative estimate of drug-likeness (QED) is 0.699. The van der Waals surface area contributed by atoms with Crippen LogP contribution < -0.4 is 0 Å². The molecule has 2 nitrogen and oxygen atoms in total. The smallest absolute Gasteiger partial charge is 0.100 e. The van der Waals surface area contributed by atoms with E-state index >= 15 is 0 Å². The molecule has 5 rings (SSSR count). The van der Waals surface area contributed by atoms with Crippen molar-refractivity contribution < 1.29 is 9.47 Å². The number of ether oxygens (including phenoxy) is 2. The van der Waals surface area contributed by atoms with Crippen molar-refractivity contribution in [3.63, 3.8) is 0 Å². The van der Waals surface area contributed by atoms with Crippen LogP contribution in [0.5, 0.6) is 0 Å². The lowest BCUT2D eigenvalue weighted by Gasteiger charge is -2.50. The number of benzene rings is 1. The molecule has 0 spiro atoms. The lowest BCUT2D eigenvalue weighted by atomic mass is 9.62. The molecule has 3 fully saturated rings. The summed E-state index contributed by atoms with van der Waals surface area (Å²) in [5.74, 6) is 2.04. The first-order chi connectivity index (χ1) is 12.9. The highest BCUT2D eigenvalue weighted by Crippen LogP contribution is 2.56. The van der Waals surface area contributed by atoms with Gasteiger partial charge in [-0.1, -0.05) is 43.5 Å². The average molecular weight is 355 g/mol. The Morgan fingerprint density at radius 2 is 1.65 bits per heavy atom. The Labute approximate surface area is 158 Å². The van der Waals surface area contributed by atoms with E-state index in [1.165, 1.54) is 70.6 Å². The number of hydrogen-bond acceptors (Lipinski definition) is 2. The molecule has 4 atom stereocenters. The van der Waals surface area contributed by atoms with E-state index in [9.17, 15) is 0 Å². The molecule has 0 N–H and O–H groups in total. The molecule has 0 aromatic heterocycles. The molecule has 2 heterocycles. The van der Waals surface area contributed by atoms with E-state index in [0.717, 1.165) is 13.2 Å². The summed E-state index contributed by atoms with van der Waals surface area (Å²) in [6.07, 6.45) is 14.8. The molecule has 2 heteroatoms. The van der Waals surface area contributed by atoms with E-state index in [-0.39, 0.29) is 5.60 Å². The van der Waals surface area contributed by atoms with Crippen LogP contribution in [0.15, 0.2) is 24.3 Å².